The van der Waals surface area contributed by atoms with Crippen LogP contribution in [0.5, 0.6) is 0 Å². The Morgan fingerprint density at radius 3 is 2.00 bits per heavy atom. The topological polar surface area (TPSA) is 3.24 Å². The minimum atomic E-state index is 0.318. The van der Waals surface area contributed by atoms with Gasteiger partial charge in [0.1, 0.15) is 0 Å². The van der Waals surface area contributed by atoms with Gasteiger partial charge in [-0.05, 0) is 26.2 Å². The lowest BCUT2D eigenvalue weighted by Crippen LogP contribution is -2.57. The zero-order chi connectivity index (χ0) is 11.0. The summed E-state index contributed by atoms with van der Waals surface area (Å²) in [6.45, 7) is 15.3. The molecule has 0 aromatic carbocycles. The van der Waals surface area contributed by atoms with Gasteiger partial charge in [0, 0.05) is 29.6 Å². The molecule has 1 heterocycles. The summed E-state index contributed by atoms with van der Waals surface area (Å²) >= 11 is 2.11. The van der Waals surface area contributed by atoms with Crippen LogP contribution in [-0.4, -0.2) is 34.5 Å². The minimum absolute atomic E-state index is 0.318. The summed E-state index contributed by atoms with van der Waals surface area (Å²) < 4.78 is 0. The Balaban J connectivity index is 2.80. The highest BCUT2D eigenvalue weighted by Gasteiger charge is 2.37. The first kappa shape index (κ1) is 12.4. The van der Waals surface area contributed by atoms with Crippen LogP contribution in [0.15, 0.2) is 0 Å². The molecule has 0 spiro atoms. The van der Waals surface area contributed by atoms with E-state index in [0.717, 1.165) is 6.04 Å². The molecule has 2 heteroatoms. The SMILES string of the molecule is CC(C)(C)C1CSCCN1C(C)(C)C. The highest BCUT2D eigenvalue weighted by molar-refractivity contribution is 7.99. The Kier molecular flexibility index (Phi) is 3.58. The van der Waals surface area contributed by atoms with Crippen LogP contribution in [0.1, 0.15) is 41.5 Å². The number of hydrogen-bond acceptors (Lipinski definition) is 2. The third-order valence-corrected chi connectivity index (χ3v) is 4.01. The largest absolute Gasteiger partial charge is 0.293 e. The van der Waals surface area contributed by atoms with Crippen molar-refractivity contribution in [2.45, 2.75) is 53.1 Å². The second-order valence-electron chi connectivity index (χ2n) is 6.32. The molecule has 1 saturated heterocycles. The molecule has 1 nitrogen and oxygen atoms in total. The van der Waals surface area contributed by atoms with Gasteiger partial charge in [-0.3, -0.25) is 4.90 Å². The summed E-state index contributed by atoms with van der Waals surface area (Å²) in [6.07, 6.45) is 0. The first-order valence-corrected chi connectivity index (χ1v) is 6.73. The Bertz CT molecular complexity index is 165. The molecule has 0 saturated carbocycles. The molecule has 1 aliphatic rings. The van der Waals surface area contributed by atoms with E-state index in [1.165, 1.54) is 18.1 Å². The van der Waals surface area contributed by atoms with E-state index in [0.29, 0.717) is 11.0 Å². The summed E-state index contributed by atoms with van der Waals surface area (Å²) in [5.41, 5.74) is 0.722. The van der Waals surface area contributed by atoms with Crippen molar-refractivity contribution in [2.24, 2.45) is 5.41 Å². The van der Waals surface area contributed by atoms with Gasteiger partial charge in [-0.15, -0.1) is 0 Å². The maximum atomic E-state index is 2.68. The van der Waals surface area contributed by atoms with E-state index >= 15 is 0 Å². The van der Waals surface area contributed by atoms with Gasteiger partial charge >= 0.3 is 0 Å². The van der Waals surface area contributed by atoms with Crippen molar-refractivity contribution in [3.8, 4) is 0 Å². The number of hydrogen-bond donors (Lipinski definition) is 0. The van der Waals surface area contributed by atoms with Crippen LogP contribution < -0.4 is 0 Å². The molecule has 1 aliphatic heterocycles. The van der Waals surface area contributed by atoms with Crippen molar-refractivity contribution in [1.82, 2.24) is 4.90 Å². The minimum Gasteiger partial charge on any atom is -0.293 e. The summed E-state index contributed by atoms with van der Waals surface area (Å²) in [5.74, 6) is 2.59. The molecule has 1 unspecified atom stereocenters. The van der Waals surface area contributed by atoms with Gasteiger partial charge in [0.2, 0.25) is 0 Å². The Hall–Kier alpha value is 0.310. The molecular formula is C12H25NS. The zero-order valence-corrected chi connectivity index (χ0v) is 11.4. The van der Waals surface area contributed by atoms with Crippen LogP contribution in [0.3, 0.4) is 0 Å². The average molecular weight is 215 g/mol. The summed E-state index contributed by atoms with van der Waals surface area (Å²) in [4.78, 5) is 2.68. The summed E-state index contributed by atoms with van der Waals surface area (Å²) in [5, 5.41) is 0. The average Bonchev–Trinajstić information content (AvgIpc) is 2.01. The lowest BCUT2D eigenvalue weighted by molar-refractivity contribution is 0.0377. The quantitative estimate of drug-likeness (QED) is 0.610. The molecule has 0 radical (unpaired) electrons. The molecular weight excluding hydrogens is 190 g/mol. The van der Waals surface area contributed by atoms with Crippen molar-refractivity contribution in [2.75, 3.05) is 18.1 Å². The van der Waals surface area contributed by atoms with E-state index < -0.39 is 0 Å². The molecule has 14 heavy (non-hydrogen) atoms. The lowest BCUT2D eigenvalue weighted by Gasteiger charge is -2.49. The third kappa shape index (κ3) is 2.90. The summed E-state index contributed by atoms with van der Waals surface area (Å²) in [7, 11) is 0. The van der Waals surface area contributed by atoms with Gasteiger partial charge in [-0.2, -0.15) is 11.8 Å². The molecule has 84 valence electrons. The predicted octanol–water partition coefficient (Wildman–Crippen LogP) is 3.25. The van der Waals surface area contributed by atoms with Crippen LogP contribution in [0.2, 0.25) is 0 Å². The highest BCUT2D eigenvalue weighted by atomic mass is 32.2. The van der Waals surface area contributed by atoms with Gasteiger partial charge in [0.05, 0.1) is 0 Å². The van der Waals surface area contributed by atoms with Crippen LogP contribution in [-0.2, 0) is 0 Å². The molecule has 1 atom stereocenters. The fourth-order valence-electron chi connectivity index (χ4n) is 2.12. The number of rotatable bonds is 0. The molecule has 0 N–H and O–H groups in total. The van der Waals surface area contributed by atoms with Crippen molar-refractivity contribution >= 4 is 11.8 Å². The standard InChI is InChI=1S/C12H25NS/c1-11(2,3)10-9-14-8-7-13(10)12(4,5)6/h10H,7-9H2,1-6H3. The predicted molar refractivity (Wildman–Crippen MR) is 67.0 cm³/mol. The Morgan fingerprint density at radius 2 is 1.64 bits per heavy atom. The third-order valence-electron chi connectivity index (χ3n) is 2.99. The van der Waals surface area contributed by atoms with Gasteiger partial charge in [0.15, 0.2) is 0 Å². The summed E-state index contributed by atoms with van der Waals surface area (Å²) in [6, 6.07) is 0.723. The second kappa shape index (κ2) is 4.05. The van der Waals surface area contributed by atoms with E-state index in [2.05, 4.69) is 58.2 Å². The molecule has 0 aliphatic carbocycles. The molecule has 0 amide bonds. The first-order valence-electron chi connectivity index (χ1n) is 5.57. The monoisotopic (exact) mass is 215 g/mol. The fraction of sp³-hybridized carbons (Fsp3) is 1.00. The fourth-order valence-corrected chi connectivity index (χ4v) is 3.52. The maximum absolute atomic E-state index is 2.68. The number of nitrogens with zero attached hydrogens (tertiary/aromatic N) is 1. The maximum Gasteiger partial charge on any atom is 0.0240 e. The van der Waals surface area contributed by atoms with E-state index in [1.807, 2.05) is 0 Å². The van der Waals surface area contributed by atoms with Crippen LogP contribution in [0.25, 0.3) is 0 Å². The van der Waals surface area contributed by atoms with Crippen LogP contribution >= 0.6 is 11.8 Å². The van der Waals surface area contributed by atoms with Gasteiger partial charge in [-0.1, -0.05) is 20.8 Å². The van der Waals surface area contributed by atoms with Crippen molar-refractivity contribution in [3.63, 3.8) is 0 Å². The van der Waals surface area contributed by atoms with E-state index in [9.17, 15) is 0 Å². The molecule has 1 rings (SSSR count). The number of thioether (sulfide) groups is 1. The Labute approximate surface area is 93.6 Å². The smallest absolute Gasteiger partial charge is 0.0240 e. The van der Waals surface area contributed by atoms with E-state index in [4.69, 9.17) is 0 Å². The molecule has 0 aromatic heterocycles. The van der Waals surface area contributed by atoms with E-state index in [-0.39, 0.29) is 0 Å². The van der Waals surface area contributed by atoms with Crippen LogP contribution in [0, 0.1) is 5.41 Å². The van der Waals surface area contributed by atoms with Crippen molar-refractivity contribution < 1.29 is 0 Å². The Morgan fingerprint density at radius 1 is 1.07 bits per heavy atom. The zero-order valence-electron chi connectivity index (χ0n) is 10.6. The molecule has 0 aromatic rings. The second-order valence-corrected chi connectivity index (χ2v) is 7.47. The van der Waals surface area contributed by atoms with Gasteiger partial charge in [0.25, 0.3) is 0 Å². The highest BCUT2D eigenvalue weighted by Crippen LogP contribution is 2.34. The molecule has 0 bridgehead atoms. The normalized spacial score (nSPS) is 26.6. The van der Waals surface area contributed by atoms with Gasteiger partial charge < -0.3 is 0 Å². The van der Waals surface area contributed by atoms with Gasteiger partial charge in [-0.25, -0.2) is 0 Å². The van der Waals surface area contributed by atoms with Crippen molar-refractivity contribution in [3.05, 3.63) is 0 Å². The van der Waals surface area contributed by atoms with E-state index in [1.54, 1.807) is 0 Å². The van der Waals surface area contributed by atoms with Crippen LogP contribution in [0.4, 0.5) is 0 Å². The molecule has 1 fully saturated rings. The van der Waals surface area contributed by atoms with Crippen molar-refractivity contribution in [1.29, 1.82) is 0 Å². The first-order chi connectivity index (χ1) is 6.23. The lowest BCUT2D eigenvalue weighted by atomic mass is 9.84.